The van der Waals surface area contributed by atoms with Crippen molar-refractivity contribution in [3.05, 3.63) is 0 Å². The molecule has 5 heteroatoms. The van der Waals surface area contributed by atoms with Crippen molar-refractivity contribution >= 4 is 33.3 Å². The summed E-state index contributed by atoms with van der Waals surface area (Å²) in [4.78, 5) is 23.6. The van der Waals surface area contributed by atoms with E-state index in [2.05, 4.69) is 20.8 Å². The Morgan fingerprint density at radius 1 is 0.950 bits per heavy atom. The van der Waals surface area contributed by atoms with E-state index in [4.69, 9.17) is 4.74 Å². The van der Waals surface area contributed by atoms with Crippen molar-refractivity contribution in [1.29, 1.82) is 0 Å². The summed E-state index contributed by atoms with van der Waals surface area (Å²) < 4.78 is 5.11. The van der Waals surface area contributed by atoms with Crippen LogP contribution >= 0.6 is 21.6 Å². The molecule has 0 atom stereocenters. The molecule has 0 aromatic heterocycles. The van der Waals surface area contributed by atoms with E-state index in [0.717, 1.165) is 43.6 Å². The molecule has 0 amide bonds. The van der Waals surface area contributed by atoms with Gasteiger partial charge in [-0.2, -0.15) is 0 Å². The van der Waals surface area contributed by atoms with E-state index < -0.39 is 0 Å². The van der Waals surface area contributed by atoms with Crippen LogP contribution in [0.1, 0.15) is 59.3 Å². The summed E-state index contributed by atoms with van der Waals surface area (Å²) in [5.41, 5.74) is 0. The summed E-state index contributed by atoms with van der Waals surface area (Å²) in [6.07, 6.45) is 4.82. The number of hydrogen-bond acceptors (Lipinski definition) is 5. The number of Topliss-reactive ketones (excluding diaryl/α,β-unsaturated/α-hetero) is 1. The number of carbonyl (C=O) groups excluding carboxylic acids is 2. The molecule has 0 bridgehead atoms. The van der Waals surface area contributed by atoms with E-state index >= 15 is 0 Å². The molecule has 0 heterocycles. The molecule has 0 spiro atoms. The zero-order chi connectivity index (χ0) is 15.2. The van der Waals surface area contributed by atoms with Crippen LogP contribution < -0.4 is 0 Å². The number of hydrogen-bond donors (Lipinski definition) is 0. The van der Waals surface area contributed by atoms with Gasteiger partial charge in [-0.25, -0.2) is 0 Å². The molecule has 0 aromatic carbocycles. The summed E-state index contributed by atoms with van der Waals surface area (Å²) in [6.45, 7) is 6.68. The Labute approximate surface area is 131 Å². The molecule has 0 aliphatic heterocycles. The zero-order valence-electron chi connectivity index (χ0n) is 13.0. The Hall–Kier alpha value is -0.160. The zero-order valence-corrected chi connectivity index (χ0v) is 14.6. The first kappa shape index (κ1) is 19.8. The van der Waals surface area contributed by atoms with Crippen molar-refractivity contribution in [2.45, 2.75) is 59.3 Å². The van der Waals surface area contributed by atoms with Crippen LogP contribution in [0.4, 0.5) is 0 Å². The predicted molar refractivity (Wildman–Crippen MR) is 89.1 cm³/mol. The lowest BCUT2D eigenvalue weighted by Gasteiger charge is -2.13. The molecule has 0 saturated heterocycles. The van der Waals surface area contributed by atoms with Gasteiger partial charge in [0.2, 0.25) is 0 Å². The Kier molecular flexibility index (Phi) is 13.7. The van der Waals surface area contributed by atoms with Crippen molar-refractivity contribution in [1.82, 2.24) is 0 Å². The first-order chi connectivity index (χ1) is 9.65. The van der Waals surface area contributed by atoms with Crippen molar-refractivity contribution in [2.75, 3.05) is 18.1 Å². The molecule has 0 aromatic rings. The maximum atomic E-state index is 12.0. The molecule has 0 fully saturated rings. The number of rotatable bonds is 13. The third-order valence-electron chi connectivity index (χ3n) is 2.85. The van der Waals surface area contributed by atoms with E-state index in [1.807, 2.05) is 0 Å². The number of ketones is 1. The molecule has 3 nitrogen and oxygen atoms in total. The molecule has 0 N–H and O–H groups in total. The van der Waals surface area contributed by atoms with Gasteiger partial charge in [0.05, 0.1) is 0 Å². The summed E-state index contributed by atoms with van der Waals surface area (Å²) in [5.74, 6) is 1.62. The normalized spacial score (nSPS) is 10.8. The van der Waals surface area contributed by atoms with Crippen LogP contribution in [0.5, 0.6) is 0 Å². The SMILES string of the molecule is CCCSSCCOC(=O)CC(=O)C(CCC)CCC. The van der Waals surface area contributed by atoms with Crippen molar-refractivity contribution < 1.29 is 14.3 Å². The Morgan fingerprint density at radius 3 is 2.10 bits per heavy atom. The second-order valence-corrected chi connectivity index (χ2v) is 7.48. The highest BCUT2D eigenvalue weighted by Gasteiger charge is 2.20. The van der Waals surface area contributed by atoms with Crippen molar-refractivity contribution in [3.8, 4) is 0 Å². The highest BCUT2D eigenvalue weighted by molar-refractivity contribution is 8.76. The predicted octanol–water partition coefficient (Wildman–Crippen LogP) is 4.50. The minimum absolute atomic E-state index is 0.0343. The van der Waals surface area contributed by atoms with Crippen LogP contribution in [0.2, 0.25) is 0 Å². The molecule has 0 aliphatic carbocycles. The number of carbonyl (C=O) groups is 2. The minimum Gasteiger partial charge on any atom is -0.464 e. The molecule has 0 rings (SSSR count). The number of esters is 1. The molecule has 0 unspecified atom stereocenters. The third-order valence-corrected chi connectivity index (χ3v) is 5.42. The van der Waals surface area contributed by atoms with Gasteiger partial charge in [0.15, 0.2) is 0 Å². The van der Waals surface area contributed by atoms with Crippen molar-refractivity contribution in [3.63, 3.8) is 0 Å². The van der Waals surface area contributed by atoms with Gasteiger partial charge < -0.3 is 4.74 Å². The van der Waals surface area contributed by atoms with E-state index in [9.17, 15) is 9.59 Å². The lowest BCUT2D eigenvalue weighted by atomic mass is 9.92. The van der Waals surface area contributed by atoms with Crippen LogP contribution in [0, 0.1) is 5.92 Å². The van der Waals surface area contributed by atoms with Crippen LogP contribution in [0.15, 0.2) is 0 Å². The molecule has 0 radical (unpaired) electrons. The Balaban J connectivity index is 3.79. The third kappa shape index (κ3) is 10.6. The fraction of sp³-hybridized carbons (Fsp3) is 0.867. The van der Waals surface area contributed by atoms with Gasteiger partial charge in [-0.15, -0.1) is 0 Å². The summed E-state index contributed by atoms with van der Waals surface area (Å²) in [6, 6.07) is 0. The van der Waals surface area contributed by atoms with E-state index in [1.165, 1.54) is 0 Å². The monoisotopic (exact) mass is 320 g/mol. The average Bonchev–Trinajstić information content (AvgIpc) is 2.42. The lowest BCUT2D eigenvalue weighted by molar-refractivity contribution is -0.146. The smallest absolute Gasteiger partial charge is 0.313 e. The van der Waals surface area contributed by atoms with E-state index in [1.54, 1.807) is 21.6 Å². The van der Waals surface area contributed by atoms with Gasteiger partial charge in [0, 0.05) is 17.4 Å². The molecular formula is C15H28O3S2. The molecule has 20 heavy (non-hydrogen) atoms. The lowest BCUT2D eigenvalue weighted by Crippen LogP contribution is -2.20. The molecule has 0 aliphatic rings. The average molecular weight is 321 g/mol. The summed E-state index contributed by atoms with van der Waals surface area (Å²) in [7, 11) is 3.51. The van der Waals surface area contributed by atoms with Gasteiger partial charge in [-0.3, -0.25) is 9.59 Å². The second kappa shape index (κ2) is 13.8. The topological polar surface area (TPSA) is 43.4 Å². The van der Waals surface area contributed by atoms with Gasteiger partial charge in [0.1, 0.15) is 18.8 Å². The molecule has 118 valence electrons. The quantitative estimate of drug-likeness (QED) is 0.216. The van der Waals surface area contributed by atoms with Crippen LogP contribution in [0.3, 0.4) is 0 Å². The highest BCUT2D eigenvalue weighted by atomic mass is 33.1. The van der Waals surface area contributed by atoms with Crippen LogP contribution in [0.25, 0.3) is 0 Å². The summed E-state index contributed by atoms with van der Waals surface area (Å²) in [5, 5.41) is 0. The van der Waals surface area contributed by atoms with E-state index in [-0.39, 0.29) is 24.1 Å². The van der Waals surface area contributed by atoms with Gasteiger partial charge in [-0.05, 0) is 19.3 Å². The fourth-order valence-electron chi connectivity index (χ4n) is 1.89. The Morgan fingerprint density at radius 2 is 1.55 bits per heavy atom. The fourth-order valence-corrected chi connectivity index (χ4v) is 3.86. The standard InChI is InChI=1S/C15H28O3S2/c1-4-7-13(8-5-2)14(16)12-15(17)18-9-11-20-19-10-6-3/h13H,4-12H2,1-3H3. The first-order valence-electron chi connectivity index (χ1n) is 7.58. The second-order valence-electron chi connectivity index (χ2n) is 4.78. The van der Waals surface area contributed by atoms with E-state index in [0.29, 0.717) is 6.61 Å². The van der Waals surface area contributed by atoms with Gasteiger partial charge in [-0.1, -0.05) is 55.2 Å². The maximum Gasteiger partial charge on any atom is 0.313 e. The first-order valence-corrected chi connectivity index (χ1v) is 10.1. The minimum atomic E-state index is -0.367. The largest absolute Gasteiger partial charge is 0.464 e. The summed E-state index contributed by atoms with van der Waals surface area (Å²) >= 11 is 0. The van der Waals surface area contributed by atoms with Crippen LogP contribution in [-0.4, -0.2) is 29.9 Å². The van der Waals surface area contributed by atoms with Crippen LogP contribution in [-0.2, 0) is 14.3 Å². The van der Waals surface area contributed by atoms with Gasteiger partial charge in [0.25, 0.3) is 0 Å². The Bertz CT molecular complexity index is 264. The number of ether oxygens (including phenoxy) is 1. The molecular weight excluding hydrogens is 292 g/mol. The maximum absolute atomic E-state index is 12.0. The van der Waals surface area contributed by atoms with Gasteiger partial charge >= 0.3 is 5.97 Å². The highest BCUT2D eigenvalue weighted by Crippen LogP contribution is 2.21. The molecule has 0 saturated carbocycles. The van der Waals surface area contributed by atoms with Crippen molar-refractivity contribution in [2.24, 2.45) is 5.92 Å².